The molecule has 0 saturated carbocycles. The average Bonchev–Trinajstić information content (AvgIpc) is 2.41. The number of nitrogens with zero attached hydrogens (tertiary/aromatic N) is 2. The number of nitrogens with one attached hydrogen (secondary N) is 1. The summed E-state index contributed by atoms with van der Waals surface area (Å²) < 4.78 is 5.30. The number of guanidine groups is 1. The molecule has 0 bridgehead atoms. The summed E-state index contributed by atoms with van der Waals surface area (Å²) >= 11 is 0. The van der Waals surface area contributed by atoms with Crippen molar-refractivity contribution in [2.24, 2.45) is 16.6 Å². The van der Waals surface area contributed by atoms with Crippen LogP contribution in [-0.2, 0) is 4.74 Å². The number of nitrogens with two attached hydrogens (primary N) is 1. The van der Waals surface area contributed by atoms with Crippen molar-refractivity contribution in [1.82, 2.24) is 10.2 Å². The molecule has 1 fully saturated rings. The maximum absolute atomic E-state index is 11.9. The molecular weight excluding hydrogens is 407 g/mol. The zero-order valence-corrected chi connectivity index (χ0v) is 17.4. The van der Waals surface area contributed by atoms with Crippen LogP contribution in [0.2, 0.25) is 0 Å². The molecule has 7 heteroatoms. The van der Waals surface area contributed by atoms with E-state index in [-0.39, 0.29) is 35.9 Å². The van der Waals surface area contributed by atoms with Gasteiger partial charge in [0.15, 0.2) is 5.96 Å². The van der Waals surface area contributed by atoms with E-state index in [4.69, 9.17) is 10.5 Å². The lowest BCUT2D eigenvalue weighted by molar-refractivity contribution is 0.0493. The highest BCUT2D eigenvalue weighted by Crippen LogP contribution is 2.10. The Morgan fingerprint density at radius 2 is 1.83 bits per heavy atom. The van der Waals surface area contributed by atoms with Crippen LogP contribution in [-0.4, -0.2) is 48.2 Å². The maximum Gasteiger partial charge on any atom is 0.407 e. The average molecular weight is 440 g/mol. The van der Waals surface area contributed by atoms with Crippen molar-refractivity contribution in [3.8, 4) is 0 Å². The van der Waals surface area contributed by atoms with E-state index < -0.39 is 11.7 Å². The van der Waals surface area contributed by atoms with Crippen LogP contribution in [0.4, 0.5) is 4.79 Å². The van der Waals surface area contributed by atoms with Crippen LogP contribution >= 0.6 is 24.0 Å². The standard InChI is InChI=1S/C16H32N4O2.HI/c1-12(2)13(19-15(21)22-16(3,4)5)11-18-14(17)20-9-7-6-8-10-20;/h12-13H,6-11H2,1-5H3,(H2,17,18)(H,19,21);1H. The van der Waals surface area contributed by atoms with Crippen LogP contribution in [0.25, 0.3) is 0 Å². The fourth-order valence-corrected chi connectivity index (χ4v) is 2.30. The lowest BCUT2D eigenvalue weighted by Gasteiger charge is -2.28. The molecule has 1 aliphatic heterocycles. The van der Waals surface area contributed by atoms with Gasteiger partial charge in [-0.25, -0.2) is 4.79 Å². The fraction of sp³-hybridized carbons (Fsp3) is 0.875. The van der Waals surface area contributed by atoms with Crippen molar-refractivity contribution in [3.63, 3.8) is 0 Å². The van der Waals surface area contributed by atoms with Crippen LogP contribution in [0.15, 0.2) is 4.99 Å². The number of amides is 1. The minimum absolute atomic E-state index is 0. The molecule has 1 amide bonds. The van der Waals surface area contributed by atoms with Crippen LogP contribution in [0.1, 0.15) is 53.9 Å². The molecule has 1 aliphatic rings. The van der Waals surface area contributed by atoms with Crippen molar-refractivity contribution in [1.29, 1.82) is 0 Å². The van der Waals surface area contributed by atoms with Gasteiger partial charge >= 0.3 is 6.09 Å². The predicted molar refractivity (Wildman–Crippen MR) is 105 cm³/mol. The Labute approximate surface area is 157 Å². The molecule has 1 saturated heterocycles. The zero-order valence-electron chi connectivity index (χ0n) is 15.1. The lowest BCUT2D eigenvalue weighted by Crippen LogP contribution is -2.45. The van der Waals surface area contributed by atoms with E-state index in [0.717, 1.165) is 13.1 Å². The third-order valence-corrected chi connectivity index (χ3v) is 3.64. The van der Waals surface area contributed by atoms with Gasteiger partial charge in [0, 0.05) is 13.1 Å². The number of carbonyl (C=O) groups excluding carboxylic acids is 1. The molecule has 0 radical (unpaired) electrons. The van der Waals surface area contributed by atoms with Gasteiger partial charge in [0.2, 0.25) is 0 Å². The predicted octanol–water partition coefficient (Wildman–Crippen LogP) is 2.95. The second-order valence-electron chi connectivity index (χ2n) is 7.24. The number of likely N-dealkylation sites (tertiary alicyclic amines) is 1. The van der Waals surface area contributed by atoms with Gasteiger partial charge in [-0.3, -0.25) is 4.99 Å². The summed E-state index contributed by atoms with van der Waals surface area (Å²) in [5.74, 6) is 0.835. The summed E-state index contributed by atoms with van der Waals surface area (Å²) in [4.78, 5) is 18.5. The quantitative estimate of drug-likeness (QED) is 0.400. The number of alkyl carbamates (subject to hydrolysis) is 1. The van der Waals surface area contributed by atoms with E-state index in [1.54, 1.807) is 0 Å². The van der Waals surface area contributed by atoms with Crippen molar-refractivity contribution in [2.45, 2.75) is 65.5 Å². The van der Waals surface area contributed by atoms with Crippen LogP contribution < -0.4 is 11.1 Å². The minimum Gasteiger partial charge on any atom is -0.444 e. The number of ether oxygens (including phenoxy) is 1. The van der Waals surface area contributed by atoms with Gasteiger partial charge in [-0.1, -0.05) is 13.8 Å². The first-order valence-corrected chi connectivity index (χ1v) is 8.23. The second-order valence-corrected chi connectivity index (χ2v) is 7.24. The summed E-state index contributed by atoms with van der Waals surface area (Å²) in [6.45, 7) is 12.1. The smallest absolute Gasteiger partial charge is 0.407 e. The molecule has 0 aromatic heterocycles. The third kappa shape index (κ3) is 9.22. The normalized spacial score (nSPS) is 17.5. The summed E-state index contributed by atoms with van der Waals surface area (Å²) in [6.07, 6.45) is 3.19. The molecule has 1 unspecified atom stereocenters. The maximum atomic E-state index is 11.9. The van der Waals surface area contributed by atoms with Gasteiger partial charge in [0.1, 0.15) is 5.60 Å². The molecule has 0 aromatic rings. The van der Waals surface area contributed by atoms with E-state index >= 15 is 0 Å². The number of hydrogen-bond acceptors (Lipinski definition) is 3. The number of hydrogen-bond donors (Lipinski definition) is 2. The van der Waals surface area contributed by atoms with Gasteiger partial charge in [-0.2, -0.15) is 0 Å². The number of rotatable bonds is 4. The molecular formula is C16H33IN4O2. The first-order valence-electron chi connectivity index (χ1n) is 8.23. The summed E-state index contributed by atoms with van der Waals surface area (Å²) in [5.41, 5.74) is 5.56. The molecule has 3 N–H and O–H groups in total. The first kappa shape index (κ1) is 22.3. The Morgan fingerprint density at radius 1 is 1.26 bits per heavy atom. The van der Waals surface area contributed by atoms with Gasteiger partial charge in [-0.15, -0.1) is 24.0 Å². The Bertz CT molecular complexity index is 388. The third-order valence-electron chi connectivity index (χ3n) is 3.64. The van der Waals surface area contributed by atoms with E-state index in [0.29, 0.717) is 12.5 Å². The molecule has 0 aromatic carbocycles. The molecule has 0 aliphatic carbocycles. The topological polar surface area (TPSA) is 80.0 Å². The van der Waals surface area contributed by atoms with Crippen LogP contribution in [0.3, 0.4) is 0 Å². The van der Waals surface area contributed by atoms with Crippen molar-refractivity contribution in [3.05, 3.63) is 0 Å². The summed E-state index contributed by atoms with van der Waals surface area (Å²) in [6, 6.07) is -0.0850. The molecule has 1 atom stereocenters. The summed E-state index contributed by atoms with van der Waals surface area (Å²) in [7, 11) is 0. The first-order chi connectivity index (χ1) is 10.2. The SMILES string of the molecule is CC(C)C(CN=C(N)N1CCCCC1)NC(=O)OC(C)(C)C.I. The van der Waals surface area contributed by atoms with Crippen LogP contribution in [0.5, 0.6) is 0 Å². The van der Waals surface area contributed by atoms with Gasteiger partial charge < -0.3 is 20.7 Å². The second kappa shape index (κ2) is 10.2. The van der Waals surface area contributed by atoms with Crippen molar-refractivity contribution >= 4 is 36.0 Å². The largest absolute Gasteiger partial charge is 0.444 e. The number of piperidine rings is 1. The highest BCUT2D eigenvalue weighted by molar-refractivity contribution is 14.0. The number of carbonyl (C=O) groups is 1. The molecule has 6 nitrogen and oxygen atoms in total. The van der Waals surface area contributed by atoms with E-state index in [1.165, 1.54) is 19.3 Å². The Balaban J connectivity index is 0.00000484. The molecule has 23 heavy (non-hydrogen) atoms. The highest BCUT2D eigenvalue weighted by Gasteiger charge is 2.21. The Hall–Kier alpha value is -0.730. The summed E-state index contributed by atoms with van der Waals surface area (Å²) in [5, 5.41) is 2.89. The highest BCUT2D eigenvalue weighted by atomic mass is 127. The van der Waals surface area contributed by atoms with E-state index in [9.17, 15) is 4.79 Å². The van der Waals surface area contributed by atoms with E-state index in [2.05, 4.69) is 29.1 Å². The van der Waals surface area contributed by atoms with Crippen LogP contribution in [0, 0.1) is 5.92 Å². The van der Waals surface area contributed by atoms with Crippen molar-refractivity contribution < 1.29 is 9.53 Å². The van der Waals surface area contributed by atoms with E-state index in [1.807, 2.05) is 20.8 Å². The minimum atomic E-state index is -0.498. The fourth-order valence-electron chi connectivity index (χ4n) is 2.30. The van der Waals surface area contributed by atoms with Gasteiger partial charge in [-0.05, 0) is 46.0 Å². The van der Waals surface area contributed by atoms with Crippen molar-refractivity contribution in [2.75, 3.05) is 19.6 Å². The lowest BCUT2D eigenvalue weighted by atomic mass is 10.1. The monoisotopic (exact) mass is 440 g/mol. The Kier molecular flexibility index (Phi) is 9.88. The Morgan fingerprint density at radius 3 is 2.30 bits per heavy atom. The zero-order chi connectivity index (χ0) is 16.8. The van der Waals surface area contributed by atoms with Gasteiger partial charge in [0.25, 0.3) is 0 Å². The number of aliphatic imine (C=N–C) groups is 1. The molecule has 136 valence electrons. The van der Waals surface area contributed by atoms with Gasteiger partial charge in [0.05, 0.1) is 12.6 Å². The molecule has 1 rings (SSSR count). The molecule has 0 spiro atoms. The molecule has 1 heterocycles. The number of halogens is 1.